The Morgan fingerprint density at radius 2 is 1.00 bits per heavy atom. The highest BCUT2D eigenvalue weighted by molar-refractivity contribution is 5.59. The van der Waals surface area contributed by atoms with Gasteiger partial charge in [-0.3, -0.25) is 0 Å². The molecule has 0 saturated heterocycles. The van der Waals surface area contributed by atoms with E-state index in [4.69, 9.17) is 0 Å². The Bertz CT molecular complexity index is 466. The highest BCUT2D eigenvalue weighted by Gasteiger charge is 2.68. The molecule has 98 valence electrons. The van der Waals surface area contributed by atoms with Crippen LogP contribution in [0, 0.1) is 23.7 Å². The summed E-state index contributed by atoms with van der Waals surface area (Å²) in [6.07, 6.45) is -0.127. The van der Waals surface area contributed by atoms with Crippen LogP contribution in [0.3, 0.4) is 0 Å². The SMILES string of the molecule is CC(C)=C1[C@H]2C(=C(C)C)[C@@H]3C(O)[C@H]2C(=C(C)C)[C@H]13. The third kappa shape index (κ3) is 1.17. The van der Waals surface area contributed by atoms with E-state index in [-0.39, 0.29) is 6.10 Å². The fraction of sp³-hybridized carbons (Fsp3) is 0.647. The van der Waals surface area contributed by atoms with Gasteiger partial charge in [0.15, 0.2) is 0 Å². The zero-order chi connectivity index (χ0) is 13.4. The van der Waals surface area contributed by atoms with Crippen LogP contribution in [0.2, 0.25) is 0 Å². The molecule has 0 aromatic heterocycles. The third-order valence-electron chi connectivity index (χ3n) is 5.24. The lowest BCUT2D eigenvalue weighted by atomic mass is 9.86. The lowest BCUT2D eigenvalue weighted by molar-refractivity contribution is 0.117. The van der Waals surface area contributed by atoms with Crippen LogP contribution in [0.4, 0.5) is 0 Å². The summed E-state index contributed by atoms with van der Waals surface area (Å²) in [4.78, 5) is 0. The molecule has 0 spiro atoms. The van der Waals surface area contributed by atoms with Crippen LogP contribution in [0.15, 0.2) is 33.4 Å². The maximum Gasteiger partial charge on any atom is 0.0689 e. The van der Waals surface area contributed by atoms with Crippen molar-refractivity contribution in [2.75, 3.05) is 0 Å². The van der Waals surface area contributed by atoms with E-state index in [1.54, 1.807) is 16.7 Å². The first kappa shape index (κ1) is 12.2. The Kier molecular flexibility index (Phi) is 2.45. The maximum atomic E-state index is 10.6. The summed E-state index contributed by atoms with van der Waals surface area (Å²) >= 11 is 0. The molecule has 18 heavy (non-hydrogen) atoms. The Morgan fingerprint density at radius 3 is 1.28 bits per heavy atom. The van der Waals surface area contributed by atoms with Crippen molar-refractivity contribution >= 4 is 0 Å². The van der Waals surface area contributed by atoms with Gasteiger partial charge in [-0.05, 0) is 41.5 Å². The van der Waals surface area contributed by atoms with Crippen LogP contribution in [-0.4, -0.2) is 11.2 Å². The maximum absolute atomic E-state index is 10.6. The molecule has 1 N–H and O–H groups in total. The van der Waals surface area contributed by atoms with E-state index in [1.807, 2.05) is 0 Å². The molecular formula is C17H24O. The molecule has 1 nitrogen and oxygen atoms in total. The van der Waals surface area contributed by atoms with E-state index in [2.05, 4.69) is 41.5 Å². The molecule has 4 saturated carbocycles. The van der Waals surface area contributed by atoms with Crippen molar-refractivity contribution in [3.63, 3.8) is 0 Å². The minimum Gasteiger partial charge on any atom is -0.392 e. The predicted octanol–water partition coefficient (Wildman–Crippen LogP) is 3.86. The van der Waals surface area contributed by atoms with Gasteiger partial charge < -0.3 is 5.11 Å². The lowest BCUT2D eigenvalue weighted by Crippen LogP contribution is -2.20. The van der Waals surface area contributed by atoms with Crippen LogP contribution in [0.1, 0.15) is 41.5 Å². The van der Waals surface area contributed by atoms with Crippen LogP contribution >= 0.6 is 0 Å². The summed E-state index contributed by atoms with van der Waals surface area (Å²) in [6, 6.07) is 0. The number of rotatable bonds is 0. The van der Waals surface area contributed by atoms with E-state index in [9.17, 15) is 5.11 Å². The Labute approximate surface area is 110 Å². The van der Waals surface area contributed by atoms with Gasteiger partial charge in [0.05, 0.1) is 6.10 Å². The molecule has 0 aliphatic heterocycles. The molecule has 4 aliphatic carbocycles. The second kappa shape index (κ2) is 3.60. The van der Waals surface area contributed by atoms with Crippen molar-refractivity contribution in [3.05, 3.63) is 33.4 Å². The molecule has 0 radical (unpaired) electrons. The second-order valence-electron chi connectivity index (χ2n) is 6.86. The van der Waals surface area contributed by atoms with E-state index < -0.39 is 0 Å². The van der Waals surface area contributed by atoms with E-state index in [1.165, 1.54) is 16.7 Å². The van der Waals surface area contributed by atoms with Crippen molar-refractivity contribution in [1.82, 2.24) is 0 Å². The highest BCUT2D eigenvalue weighted by atomic mass is 16.3. The van der Waals surface area contributed by atoms with E-state index in [0.29, 0.717) is 23.7 Å². The molecule has 0 aromatic rings. The topological polar surface area (TPSA) is 20.2 Å². The van der Waals surface area contributed by atoms with Crippen LogP contribution in [-0.2, 0) is 0 Å². The van der Waals surface area contributed by atoms with Gasteiger partial charge in [0.1, 0.15) is 0 Å². The van der Waals surface area contributed by atoms with Crippen molar-refractivity contribution in [3.8, 4) is 0 Å². The second-order valence-corrected chi connectivity index (χ2v) is 6.86. The molecule has 0 aromatic carbocycles. The predicted molar refractivity (Wildman–Crippen MR) is 75.1 cm³/mol. The molecule has 0 heterocycles. The van der Waals surface area contributed by atoms with Crippen molar-refractivity contribution in [2.24, 2.45) is 23.7 Å². The summed E-state index contributed by atoms with van der Waals surface area (Å²) < 4.78 is 0. The Morgan fingerprint density at radius 1 is 0.667 bits per heavy atom. The summed E-state index contributed by atoms with van der Waals surface area (Å²) in [5.74, 6) is 1.82. The zero-order valence-corrected chi connectivity index (χ0v) is 12.3. The molecule has 4 atom stereocenters. The smallest absolute Gasteiger partial charge is 0.0689 e. The molecule has 1 heteroatoms. The number of allylic oxidation sites excluding steroid dienone is 4. The minimum atomic E-state index is -0.127. The van der Waals surface area contributed by atoms with Crippen LogP contribution in [0.5, 0.6) is 0 Å². The zero-order valence-electron chi connectivity index (χ0n) is 12.3. The number of aliphatic hydroxyl groups excluding tert-OH is 1. The van der Waals surface area contributed by atoms with Gasteiger partial charge in [-0.15, -0.1) is 0 Å². The van der Waals surface area contributed by atoms with Crippen molar-refractivity contribution in [2.45, 2.75) is 47.6 Å². The van der Waals surface area contributed by atoms with Crippen LogP contribution < -0.4 is 0 Å². The monoisotopic (exact) mass is 244 g/mol. The third-order valence-corrected chi connectivity index (χ3v) is 5.24. The Hall–Kier alpha value is -0.820. The summed E-state index contributed by atoms with van der Waals surface area (Å²) in [5, 5.41) is 10.6. The first-order chi connectivity index (χ1) is 8.37. The normalized spacial score (nSPS) is 40.2. The fourth-order valence-electron chi connectivity index (χ4n) is 4.97. The Balaban J connectivity index is 2.27. The first-order valence-electron chi connectivity index (χ1n) is 7.07. The van der Waals surface area contributed by atoms with Gasteiger partial charge in [-0.2, -0.15) is 0 Å². The van der Waals surface area contributed by atoms with E-state index in [0.717, 1.165) is 0 Å². The van der Waals surface area contributed by atoms with Crippen molar-refractivity contribution in [1.29, 1.82) is 0 Å². The van der Waals surface area contributed by atoms with E-state index >= 15 is 0 Å². The van der Waals surface area contributed by atoms with Crippen molar-refractivity contribution < 1.29 is 5.11 Å². The van der Waals surface area contributed by atoms with Gasteiger partial charge in [0.25, 0.3) is 0 Å². The first-order valence-corrected chi connectivity index (χ1v) is 7.07. The molecule has 4 fully saturated rings. The largest absolute Gasteiger partial charge is 0.392 e. The van der Waals surface area contributed by atoms with Gasteiger partial charge >= 0.3 is 0 Å². The number of aliphatic hydroxyl groups is 1. The van der Waals surface area contributed by atoms with Gasteiger partial charge in [0, 0.05) is 23.7 Å². The number of hydrogen-bond acceptors (Lipinski definition) is 1. The minimum absolute atomic E-state index is 0.127. The molecular weight excluding hydrogens is 220 g/mol. The average molecular weight is 244 g/mol. The highest BCUT2D eigenvalue weighted by Crippen LogP contribution is 2.72. The van der Waals surface area contributed by atoms with Gasteiger partial charge in [-0.25, -0.2) is 0 Å². The summed E-state index contributed by atoms with van der Waals surface area (Å²) in [6.45, 7) is 13.3. The lowest BCUT2D eigenvalue weighted by Gasteiger charge is -2.17. The molecule has 0 unspecified atom stereocenters. The summed E-state index contributed by atoms with van der Waals surface area (Å²) in [5.41, 5.74) is 9.07. The molecule has 0 amide bonds. The van der Waals surface area contributed by atoms with Crippen LogP contribution in [0.25, 0.3) is 0 Å². The summed E-state index contributed by atoms with van der Waals surface area (Å²) in [7, 11) is 0. The standard InChI is InChI=1S/C17H24O/c1-7(2)10-13-11(8(3)4)15-14(10)12(9(5)6)16(13)17(15)18/h13-18H,1-6H3/t13-,14-,15-,16-/m0/s1. The van der Waals surface area contributed by atoms with Gasteiger partial charge in [-0.1, -0.05) is 33.4 Å². The number of hydrogen-bond donors (Lipinski definition) is 1. The quantitative estimate of drug-likeness (QED) is 0.641. The molecule has 4 bridgehead atoms. The fourth-order valence-corrected chi connectivity index (χ4v) is 4.97. The molecule has 4 aliphatic rings. The average Bonchev–Trinajstić information content (AvgIpc) is 2.89. The van der Waals surface area contributed by atoms with Gasteiger partial charge in [0.2, 0.25) is 0 Å². The molecule has 4 rings (SSSR count).